The summed E-state index contributed by atoms with van der Waals surface area (Å²) in [6, 6.07) is 5.78. The molecule has 1 aliphatic rings. The Hall–Kier alpha value is -3.44. The number of carbonyl (C=O) groups excluding carboxylic acids is 3. The van der Waals surface area contributed by atoms with Gasteiger partial charge in [0.25, 0.3) is 5.91 Å². The van der Waals surface area contributed by atoms with Crippen molar-refractivity contribution < 1.29 is 32.1 Å². The molecule has 1 saturated carbocycles. The van der Waals surface area contributed by atoms with Gasteiger partial charge in [0.1, 0.15) is 12.1 Å². The first kappa shape index (κ1) is 26.2. The van der Waals surface area contributed by atoms with Gasteiger partial charge in [-0.15, -0.1) is 0 Å². The predicted octanol–water partition coefficient (Wildman–Crippen LogP) is 3.62. The van der Waals surface area contributed by atoms with E-state index in [1.54, 1.807) is 11.4 Å². The Kier molecular flexibility index (Phi) is 8.47. The van der Waals surface area contributed by atoms with E-state index in [2.05, 4.69) is 20.8 Å². The maximum Gasteiger partial charge on any atom is 0.405 e. The SMILES string of the molecule is CC(=O)NC1(c2noc(CCC(=O)Nc3ccccc3C(=O)NCC(F)(F)F)n2)CCCCCC1. The summed E-state index contributed by atoms with van der Waals surface area (Å²) in [5.41, 5.74) is -0.697. The Morgan fingerprint density at radius 3 is 2.43 bits per heavy atom. The Morgan fingerprint density at radius 2 is 1.77 bits per heavy atom. The van der Waals surface area contributed by atoms with Gasteiger partial charge in [-0.2, -0.15) is 18.2 Å². The molecule has 35 heavy (non-hydrogen) atoms. The lowest BCUT2D eigenvalue weighted by molar-refractivity contribution is -0.123. The summed E-state index contributed by atoms with van der Waals surface area (Å²) >= 11 is 0. The third-order valence-electron chi connectivity index (χ3n) is 5.73. The van der Waals surface area contributed by atoms with E-state index in [9.17, 15) is 27.6 Å². The number of anilines is 1. The Balaban J connectivity index is 1.62. The van der Waals surface area contributed by atoms with Crippen LogP contribution >= 0.6 is 0 Å². The Bertz CT molecular complexity index is 1050. The zero-order valence-corrected chi connectivity index (χ0v) is 19.3. The van der Waals surface area contributed by atoms with Gasteiger partial charge in [-0.05, 0) is 25.0 Å². The molecule has 1 aromatic carbocycles. The standard InChI is InChI=1S/C23H28F3N5O4/c1-15(32)30-22(12-6-2-3-7-13-22)21-29-19(35-31-21)11-10-18(33)28-17-9-5-4-8-16(17)20(34)27-14-23(24,25)26/h4-5,8-9H,2-3,6-7,10-14H2,1H3,(H,27,34)(H,28,33)(H,30,32). The first-order valence-corrected chi connectivity index (χ1v) is 11.4. The van der Waals surface area contributed by atoms with Crippen molar-refractivity contribution in [2.24, 2.45) is 0 Å². The second kappa shape index (κ2) is 11.3. The molecule has 1 fully saturated rings. The van der Waals surface area contributed by atoms with Gasteiger partial charge in [-0.1, -0.05) is 43.0 Å². The van der Waals surface area contributed by atoms with Crippen LogP contribution in [0.2, 0.25) is 0 Å². The maximum atomic E-state index is 12.5. The van der Waals surface area contributed by atoms with Crippen LogP contribution in [-0.4, -0.2) is 40.6 Å². The number of carbonyl (C=O) groups is 3. The highest BCUT2D eigenvalue weighted by atomic mass is 19.4. The van der Waals surface area contributed by atoms with Crippen LogP contribution in [0, 0.1) is 0 Å². The van der Waals surface area contributed by atoms with Gasteiger partial charge in [0.2, 0.25) is 17.7 Å². The van der Waals surface area contributed by atoms with Gasteiger partial charge in [-0.3, -0.25) is 14.4 Å². The summed E-state index contributed by atoms with van der Waals surface area (Å²) in [5, 5.41) is 11.4. The first-order valence-electron chi connectivity index (χ1n) is 11.4. The summed E-state index contributed by atoms with van der Waals surface area (Å²) in [5.74, 6) is -1.01. The van der Waals surface area contributed by atoms with Crippen LogP contribution in [0.3, 0.4) is 0 Å². The molecule has 3 N–H and O–H groups in total. The van der Waals surface area contributed by atoms with Crippen LogP contribution in [0.25, 0.3) is 0 Å². The second-order valence-electron chi connectivity index (χ2n) is 8.58. The van der Waals surface area contributed by atoms with E-state index in [0.29, 0.717) is 18.7 Å². The third kappa shape index (κ3) is 7.52. The molecule has 0 unspecified atom stereocenters. The van der Waals surface area contributed by atoms with E-state index in [1.807, 2.05) is 0 Å². The summed E-state index contributed by atoms with van der Waals surface area (Å²) in [4.78, 5) is 40.9. The molecule has 9 nitrogen and oxygen atoms in total. The monoisotopic (exact) mass is 495 g/mol. The zero-order chi connectivity index (χ0) is 25.5. The molecule has 3 rings (SSSR count). The van der Waals surface area contributed by atoms with E-state index < -0.39 is 30.1 Å². The molecule has 1 heterocycles. The van der Waals surface area contributed by atoms with Crippen LogP contribution in [0.15, 0.2) is 28.8 Å². The topological polar surface area (TPSA) is 126 Å². The normalized spacial score (nSPS) is 15.7. The summed E-state index contributed by atoms with van der Waals surface area (Å²) < 4.78 is 42.5. The number of nitrogens with zero attached hydrogens (tertiary/aromatic N) is 2. The molecule has 12 heteroatoms. The fourth-order valence-electron chi connectivity index (χ4n) is 4.12. The molecule has 190 valence electrons. The van der Waals surface area contributed by atoms with E-state index in [1.165, 1.54) is 25.1 Å². The minimum absolute atomic E-state index is 0.0622. The Labute approximate surface area is 200 Å². The molecule has 2 aromatic rings. The number of nitrogens with one attached hydrogen (secondary N) is 3. The Morgan fingerprint density at radius 1 is 1.09 bits per heavy atom. The van der Waals surface area contributed by atoms with Crippen molar-refractivity contribution in [3.8, 4) is 0 Å². The molecule has 3 amide bonds. The summed E-state index contributed by atoms with van der Waals surface area (Å²) in [6.07, 6.45) is 0.837. The lowest BCUT2D eigenvalue weighted by atomic mass is 9.89. The maximum absolute atomic E-state index is 12.5. The van der Waals surface area contributed by atoms with Crippen LogP contribution in [0.5, 0.6) is 0 Å². The number of amides is 3. The number of benzene rings is 1. The molecule has 0 radical (unpaired) electrons. The average molecular weight is 496 g/mol. The molecule has 0 atom stereocenters. The molecule has 0 aliphatic heterocycles. The van der Waals surface area contributed by atoms with Crippen molar-refractivity contribution in [1.29, 1.82) is 0 Å². The minimum Gasteiger partial charge on any atom is -0.343 e. The van der Waals surface area contributed by atoms with Crippen LogP contribution in [0.1, 0.15) is 73.9 Å². The fraction of sp³-hybridized carbons (Fsp3) is 0.522. The van der Waals surface area contributed by atoms with Crippen molar-refractivity contribution in [3.05, 3.63) is 41.5 Å². The summed E-state index contributed by atoms with van der Waals surface area (Å²) in [7, 11) is 0. The van der Waals surface area contributed by atoms with Gasteiger partial charge < -0.3 is 20.5 Å². The van der Waals surface area contributed by atoms with Crippen molar-refractivity contribution >= 4 is 23.4 Å². The number of halogens is 3. The van der Waals surface area contributed by atoms with Crippen molar-refractivity contribution in [2.45, 2.75) is 70.0 Å². The molecule has 1 aliphatic carbocycles. The highest BCUT2D eigenvalue weighted by Crippen LogP contribution is 2.34. The van der Waals surface area contributed by atoms with Crippen LogP contribution in [0.4, 0.5) is 18.9 Å². The molecule has 0 spiro atoms. The number of hydrogen-bond donors (Lipinski definition) is 3. The lowest BCUT2D eigenvalue weighted by Gasteiger charge is -2.30. The molecular formula is C23H28F3N5O4. The molecule has 0 saturated heterocycles. The molecule has 1 aromatic heterocycles. The van der Waals surface area contributed by atoms with Crippen LogP contribution < -0.4 is 16.0 Å². The number of para-hydroxylation sites is 1. The summed E-state index contributed by atoms with van der Waals surface area (Å²) in [6.45, 7) is -0.0349. The lowest BCUT2D eigenvalue weighted by Crippen LogP contribution is -2.45. The predicted molar refractivity (Wildman–Crippen MR) is 119 cm³/mol. The highest BCUT2D eigenvalue weighted by molar-refractivity contribution is 6.03. The molecular weight excluding hydrogens is 467 g/mol. The van der Waals surface area contributed by atoms with Crippen molar-refractivity contribution in [3.63, 3.8) is 0 Å². The van der Waals surface area contributed by atoms with Crippen molar-refractivity contribution in [1.82, 2.24) is 20.8 Å². The largest absolute Gasteiger partial charge is 0.405 e. The average Bonchev–Trinajstić information content (AvgIpc) is 3.16. The van der Waals surface area contributed by atoms with Gasteiger partial charge in [0, 0.05) is 19.8 Å². The van der Waals surface area contributed by atoms with E-state index >= 15 is 0 Å². The van der Waals surface area contributed by atoms with Crippen molar-refractivity contribution in [2.75, 3.05) is 11.9 Å². The smallest absolute Gasteiger partial charge is 0.343 e. The number of aryl methyl sites for hydroxylation is 1. The van der Waals surface area contributed by atoms with Crippen LogP contribution in [-0.2, 0) is 21.5 Å². The van der Waals surface area contributed by atoms with Gasteiger partial charge in [0.15, 0.2) is 5.82 Å². The second-order valence-corrected chi connectivity index (χ2v) is 8.58. The first-order chi connectivity index (χ1) is 16.6. The van der Waals surface area contributed by atoms with E-state index in [0.717, 1.165) is 25.7 Å². The van der Waals surface area contributed by atoms with Gasteiger partial charge >= 0.3 is 6.18 Å². The van der Waals surface area contributed by atoms with Gasteiger partial charge in [0.05, 0.1) is 11.3 Å². The minimum atomic E-state index is -4.55. The molecule has 0 bridgehead atoms. The zero-order valence-electron chi connectivity index (χ0n) is 19.3. The number of rotatable bonds is 8. The number of aromatic nitrogens is 2. The number of alkyl halides is 3. The quantitative estimate of drug-likeness (QED) is 0.480. The van der Waals surface area contributed by atoms with Gasteiger partial charge in [-0.25, -0.2) is 0 Å². The van der Waals surface area contributed by atoms with E-state index in [4.69, 9.17) is 4.52 Å². The van der Waals surface area contributed by atoms with E-state index in [-0.39, 0.29) is 35.9 Å². The fourth-order valence-corrected chi connectivity index (χ4v) is 4.12. The third-order valence-corrected chi connectivity index (χ3v) is 5.73. The number of hydrogen-bond acceptors (Lipinski definition) is 6. The highest BCUT2D eigenvalue weighted by Gasteiger charge is 2.38.